The Hall–Kier alpha value is -2.66. The summed E-state index contributed by atoms with van der Waals surface area (Å²) in [6.45, 7) is 2.81. The van der Waals surface area contributed by atoms with E-state index in [9.17, 15) is 4.79 Å². The minimum Gasteiger partial charge on any atom is -0.469 e. The van der Waals surface area contributed by atoms with Crippen LogP contribution in [0, 0.1) is 11.3 Å². The maximum atomic E-state index is 11.7. The highest BCUT2D eigenvalue weighted by Gasteiger charge is 2.25. The van der Waals surface area contributed by atoms with Crippen LogP contribution in [0.5, 0.6) is 0 Å². The van der Waals surface area contributed by atoms with Gasteiger partial charge in [-0.25, -0.2) is 0 Å². The molecule has 3 rings (SSSR count). The van der Waals surface area contributed by atoms with Crippen molar-refractivity contribution in [1.29, 1.82) is 5.41 Å². The van der Waals surface area contributed by atoms with Crippen molar-refractivity contribution < 1.29 is 9.53 Å². The summed E-state index contributed by atoms with van der Waals surface area (Å²) >= 11 is 0. The molecule has 2 aromatic rings. The first-order valence-corrected chi connectivity index (χ1v) is 9.41. The van der Waals surface area contributed by atoms with E-state index in [1.165, 1.54) is 12.7 Å². The van der Waals surface area contributed by atoms with E-state index >= 15 is 0 Å². The Bertz CT molecular complexity index is 784. The van der Waals surface area contributed by atoms with Crippen molar-refractivity contribution in [3.63, 3.8) is 0 Å². The van der Waals surface area contributed by atoms with E-state index in [0.29, 0.717) is 0 Å². The number of benzene rings is 2. The second kappa shape index (κ2) is 8.82. The van der Waals surface area contributed by atoms with E-state index < -0.39 is 0 Å². The lowest BCUT2D eigenvalue weighted by Gasteiger charge is -2.31. The van der Waals surface area contributed by atoms with Gasteiger partial charge in [-0.15, -0.1) is 0 Å². The van der Waals surface area contributed by atoms with Gasteiger partial charge in [0.25, 0.3) is 0 Å². The van der Waals surface area contributed by atoms with E-state index in [1.54, 1.807) is 0 Å². The average Bonchev–Trinajstić information content (AvgIpc) is 2.72. The second-order valence-electron chi connectivity index (χ2n) is 7.10. The summed E-state index contributed by atoms with van der Waals surface area (Å²) in [4.78, 5) is 14.1. The van der Waals surface area contributed by atoms with Crippen molar-refractivity contribution in [2.45, 2.75) is 19.3 Å². The molecule has 5 nitrogen and oxygen atoms in total. The number of rotatable bonds is 6. The quantitative estimate of drug-likeness (QED) is 0.468. The van der Waals surface area contributed by atoms with Crippen LogP contribution in [0.25, 0.3) is 11.1 Å². The minimum absolute atomic E-state index is 0.0177. The molecule has 1 aliphatic rings. The fourth-order valence-corrected chi connectivity index (χ4v) is 3.61. The summed E-state index contributed by atoms with van der Waals surface area (Å²) in [6, 6.07) is 16.3. The molecule has 1 fully saturated rings. The SMILES string of the molecule is COC(=O)C1CCCN(CCc2ccc(-c3ccc(C(=N)N)cc3)cc2)C1. The van der Waals surface area contributed by atoms with Crippen molar-refractivity contribution >= 4 is 11.8 Å². The van der Waals surface area contributed by atoms with Gasteiger partial charge in [-0.3, -0.25) is 10.2 Å². The van der Waals surface area contributed by atoms with E-state index in [0.717, 1.165) is 55.6 Å². The first-order valence-electron chi connectivity index (χ1n) is 9.41. The number of carbonyl (C=O) groups is 1. The third-order valence-electron chi connectivity index (χ3n) is 5.24. The number of esters is 1. The average molecular weight is 365 g/mol. The summed E-state index contributed by atoms with van der Waals surface area (Å²) in [6.07, 6.45) is 2.95. The van der Waals surface area contributed by atoms with E-state index in [4.69, 9.17) is 15.9 Å². The van der Waals surface area contributed by atoms with Crippen LogP contribution in [0.3, 0.4) is 0 Å². The maximum absolute atomic E-state index is 11.7. The van der Waals surface area contributed by atoms with Gasteiger partial charge in [0.15, 0.2) is 0 Å². The molecule has 2 aromatic carbocycles. The summed E-state index contributed by atoms with van der Waals surface area (Å²) < 4.78 is 4.89. The topological polar surface area (TPSA) is 79.4 Å². The zero-order chi connectivity index (χ0) is 19.2. The molecule has 27 heavy (non-hydrogen) atoms. The molecule has 1 heterocycles. The van der Waals surface area contributed by atoms with Crippen LogP contribution in [0.4, 0.5) is 0 Å². The molecule has 0 bridgehead atoms. The largest absolute Gasteiger partial charge is 0.469 e. The van der Waals surface area contributed by atoms with Gasteiger partial charge in [0.2, 0.25) is 0 Å². The lowest BCUT2D eigenvalue weighted by atomic mass is 9.97. The van der Waals surface area contributed by atoms with Gasteiger partial charge >= 0.3 is 5.97 Å². The van der Waals surface area contributed by atoms with Crippen molar-refractivity contribution in [2.24, 2.45) is 11.7 Å². The minimum atomic E-state index is -0.0835. The zero-order valence-electron chi connectivity index (χ0n) is 15.8. The second-order valence-corrected chi connectivity index (χ2v) is 7.10. The fraction of sp³-hybridized carbons (Fsp3) is 0.364. The third-order valence-corrected chi connectivity index (χ3v) is 5.24. The number of carbonyl (C=O) groups excluding carboxylic acids is 1. The fourth-order valence-electron chi connectivity index (χ4n) is 3.61. The summed E-state index contributed by atoms with van der Waals surface area (Å²) in [5.74, 6) is 0.0213. The molecular formula is C22H27N3O2. The molecule has 0 aliphatic carbocycles. The first-order chi connectivity index (χ1) is 13.1. The highest BCUT2D eigenvalue weighted by Crippen LogP contribution is 2.21. The van der Waals surface area contributed by atoms with Crippen molar-refractivity contribution in [3.8, 4) is 11.1 Å². The lowest BCUT2D eigenvalue weighted by molar-refractivity contribution is -0.147. The Morgan fingerprint density at radius 2 is 1.78 bits per heavy atom. The molecule has 142 valence electrons. The van der Waals surface area contributed by atoms with Gasteiger partial charge in [0.05, 0.1) is 13.0 Å². The summed E-state index contributed by atoms with van der Waals surface area (Å²) in [5.41, 5.74) is 9.80. The van der Waals surface area contributed by atoms with Crippen LogP contribution in [-0.4, -0.2) is 43.4 Å². The van der Waals surface area contributed by atoms with Crippen molar-refractivity contribution in [1.82, 2.24) is 4.90 Å². The Kier molecular flexibility index (Phi) is 6.24. The van der Waals surface area contributed by atoms with Crippen molar-refractivity contribution in [3.05, 3.63) is 59.7 Å². The van der Waals surface area contributed by atoms with Gasteiger partial charge < -0.3 is 15.4 Å². The molecule has 3 N–H and O–H groups in total. The van der Waals surface area contributed by atoms with Crippen LogP contribution in [0.1, 0.15) is 24.0 Å². The first kappa shape index (κ1) is 19.1. The molecule has 1 atom stereocenters. The predicted octanol–water partition coefficient (Wildman–Crippen LogP) is 3.07. The third kappa shape index (κ3) is 4.95. The monoisotopic (exact) mass is 365 g/mol. The number of hydrogen-bond donors (Lipinski definition) is 2. The summed E-state index contributed by atoms with van der Waals surface area (Å²) in [7, 11) is 1.47. The maximum Gasteiger partial charge on any atom is 0.309 e. The van der Waals surface area contributed by atoms with Gasteiger partial charge in [0, 0.05) is 18.7 Å². The predicted molar refractivity (Wildman–Crippen MR) is 108 cm³/mol. The Morgan fingerprint density at radius 3 is 2.37 bits per heavy atom. The number of amidine groups is 1. The molecule has 1 aliphatic heterocycles. The van der Waals surface area contributed by atoms with Crippen LogP contribution < -0.4 is 5.73 Å². The van der Waals surface area contributed by atoms with Crippen molar-refractivity contribution in [2.75, 3.05) is 26.7 Å². The van der Waals surface area contributed by atoms with Gasteiger partial charge in [-0.1, -0.05) is 48.5 Å². The highest BCUT2D eigenvalue weighted by atomic mass is 16.5. The Balaban J connectivity index is 1.56. The number of nitrogen functional groups attached to an aromatic ring is 1. The Labute approximate surface area is 160 Å². The van der Waals surface area contributed by atoms with E-state index in [-0.39, 0.29) is 17.7 Å². The van der Waals surface area contributed by atoms with Crippen LogP contribution in [0.2, 0.25) is 0 Å². The van der Waals surface area contributed by atoms with Crippen LogP contribution in [-0.2, 0) is 16.0 Å². The highest BCUT2D eigenvalue weighted by molar-refractivity contribution is 5.95. The molecule has 0 spiro atoms. The van der Waals surface area contributed by atoms with Crippen LogP contribution >= 0.6 is 0 Å². The Morgan fingerprint density at radius 1 is 1.15 bits per heavy atom. The molecule has 0 radical (unpaired) electrons. The number of ether oxygens (including phenoxy) is 1. The van der Waals surface area contributed by atoms with E-state index in [1.807, 2.05) is 24.3 Å². The number of nitrogens with zero attached hydrogens (tertiary/aromatic N) is 1. The number of methoxy groups -OCH3 is 1. The molecule has 5 heteroatoms. The molecule has 1 saturated heterocycles. The number of hydrogen-bond acceptors (Lipinski definition) is 4. The van der Waals surface area contributed by atoms with Gasteiger partial charge in [-0.05, 0) is 42.5 Å². The standard InChI is InChI=1S/C22H27N3O2/c1-27-22(26)20-3-2-13-25(15-20)14-12-16-4-6-17(7-5-16)18-8-10-19(11-9-18)21(23)24/h4-11,20H,2-3,12-15H2,1H3,(H3,23,24). The number of piperidine rings is 1. The number of nitrogens with two attached hydrogens (primary N) is 1. The molecule has 0 saturated carbocycles. The summed E-state index contributed by atoms with van der Waals surface area (Å²) in [5, 5.41) is 7.46. The van der Waals surface area contributed by atoms with E-state index in [2.05, 4.69) is 29.2 Å². The normalized spacial score (nSPS) is 17.4. The van der Waals surface area contributed by atoms with Crippen LogP contribution in [0.15, 0.2) is 48.5 Å². The smallest absolute Gasteiger partial charge is 0.309 e. The lowest BCUT2D eigenvalue weighted by Crippen LogP contribution is -2.40. The number of nitrogens with one attached hydrogen (secondary N) is 1. The zero-order valence-corrected chi connectivity index (χ0v) is 15.8. The molecule has 0 aromatic heterocycles. The van der Waals surface area contributed by atoms with Gasteiger partial charge in [-0.2, -0.15) is 0 Å². The number of likely N-dealkylation sites (tertiary alicyclic amines) is 1. The molecule has 0 amide bonds. The molecule has 1 unspecified atom stereocenters. The van der Waals surface area contributed by atoms with Gasteiger partial charge in [0.1, 0.15) is 5.84 Å². The molecular weight excluding hydrogens is 338 g/mol.